The first kappa shape index (κ1) is 12.5. The Balaban J connectivity index is 0. The molecule has 0 aliphatic rings. The summed E-state index contributed by atoms with van der Waals surface area (Å²) in [5, 5.41) is 0. The molecular weight excluding hydrogens is 342 g/mol. The first-order valence-corrected chi connectivity index (χ1v) is 8.70. The Labute approximate surface area is 79.6 Å². The second-order valence-electron chi connectivity index (χ2n) is 1.80. The molecule has 0 N–H and O–H groups in total. The van der Waals surface area contributed by atoms with Crippen LogP contribution in [0.3, 0.4) is 0 Å². The minimum Gasteiger partial charge on any atom is -0.298 e. The van der Waals surface area contributed by atoms with Gasteiger partial charge in [-0.05, 0) is 26.3 Å². The molecule has 0 heterocycles. The van der Waals surface area contributed by atoms with Crippen molar-refractivity contribution in [1.29, 1.82) is 0 Å². The van der Waals surface area contributed by atoms with Crippen LogP contribution in [-0.2, 0) is 4.79 Å². The van der Waals surface area contributed by atoms with E-state index in [1.807, 2.05) is 20.8 Å². The van der Waals surface area contributed by atoms with Gasteiger partial charge in [-0.1, -0.05) is 5.57 Å². The predicted molar refractivity (Wildman–Crippen MR) is 58.2 cm³/mol. The van der Waals surface area contributed by atoms with Crippen LogP contribution in [0.2, 0.25) is 0 Å². The van der Waals surface area contributed by atoms with E-state index in [0.717, 1.165) is 17.4 Å². The van der Waals surface area contributed by atoms with Gasteiger partial charge in [0.2, 0.25) is 0 Å². The second kappa shape index (κ2) is 8.87. The summed E-state index contributed by atoms with van der Waals surface area (Å²) in [6, 6.07) is 0. The molecule has 0 aliphatic heterocycles. The Morgan fingerprint density at radius 3 is 1.56 bits per heavy atom. The Kier molecular flexibility index (Phi) is 12.4. The molecular formula is C6H10I2O. The van der Waals surface area contributed by atoms with Gasteiger partial charge in [0.15, 0.2) is 0 Å². The van der Waals surface area contributed by atoms with E-state index in [4.69, 9.17) is 0 Å². The highest BCUT2D eigenvalue weighted by Gasteiger charge is 1.83. The Bertz CT molecular complexity index is 104. The zero-order valence-corrected chi connectivity index (χ0v) is 10.1. The molecule has 0 aliphatic carbocycles. The number of halogens is 2. The van der Waals surface area contributed by atoms with Crippen molar-refractivity contribution in [2.24, 2.45) is 0 Å². The molecule has 0 spiro atoms. The Hall–Kier alpha value is 0.870. The number of allylic oxidation sites excluding steroid dienone is 2. The zero-order chi connectivity index (χ0) is 7.86. The molecule has 0 aromatic heterocycles. The van der Waals surface area contributed by atoms with Crippen molar-refractivity contribution < 1.29 is 4.79 Å². The lowest BCUT2D eigenvalue weighted by atomic mass is 10.2. The van der Waals surface area contributed by atoms with Crippen molar-refractivity contribution in [2.75, 3.05) is 0 Å². The van der Waals surface area contributed by atoms with Crippen LogP contribution in [0.5, 0.6) is 0 Å². The summed E-state index contributed by atoms with van der Waals surface area (Å²) in [5.41, 5.74) is 1.93. The average Bonchev–Trinajstić information content (AvgIpc) is 1.91. The van der Waals surface area contributed by atoms with E-state index in [2.05, 4.69) is 37.2 Å². The molecule has 1 nitrogen and oxygen atoms in total. The monoisotopic (exact) mass is 352 g/mol. The summed E-state index contributed by atoms with van der Waals surface area (Å²) in [7, 11) is 0. The van der Waals surface area contributed by atoms with Gasteiger partial charge in [0.05, 0.1) is 0 Å². The summed E-state index contributed by atoms with van der Waals surface area (Å²) >= 11 is 4.24. The SMILES string of the molecule is CC(C)=C(C)C=O.II. The fourth-order valence-corrected chi connectivity index (χ4v) is 0.118. The number of hydrogen-bond acceptors (Lipinski definition) is 1. The highest BCUT2D eigenvalue weighted by molar-refractivity contribution is 15.0. The average molecular weight is 352 g/mol. The lowest BCUT2D eigenvalue weighted by Crippen LogP contribution is -1.77. The van der Waals surface area contributed by atoms with Gasteiger partial charge in [0, 0.05) is 37.2 Å². The van der Waals surface area contributed by atoms with Gasteiger partial charge in [-0.25, -0.2) is 0 Å². The standard InChI is InChI=1S/C6H10O.I2/c1-5(2)6(3)4-7;1-2/h4H,1-3H3;. The Morgan fingerprint density at radius 1 is 1.22 bits per heavy atom. The molecule has 3 heteroatoms. The van der Waals surface area contributed by atoms with Crippen molar-refractivity contribution in [3.05, 3.63) is 11.1 Å². The van der Waals surface area contributed by atoms with Gasteiger partial charge in [-0.2, -0.15) is 0 Å². The number of aldehydes is 1. The van der Waals surface area contributed by atoms with Gasteiger partial charge >= 0.3 is 0 Å². The van der Waals surface area contributed by atoms with Crippen molar-refractivity contribution in [3.63, 3.8) is 0 Å². The molecule has 0 fully saturated rings. The van der Waals surface area contributed by atoms with Crippen LogP contribution in [0.15, 0.2) is 11.1 Å². The first-order chi connectivity index (χ1) is 4.18. The molecule has 0 saturated carbocycles. The maximum absolute atomic E-state index is 9.89. The topological polar surface area (TPSA) is 17.1 Å². The molecule has 0 unspecified atom stereocenters. The summed E-state index contributed by atoms with van der Waals surface area (Å²) < 4.78 is 0. The van der Waals surface area contributed by atoms with Crippen molar-refractivity contribution in [1.82, 2.24) is 0 Å². The largest absolute Gasteiger partial charge is 0.298 e. The maximum atomic E-state index is 9.89. The van der Waals surface area contributed by atoms with Crippen LogP contribution in [0.4, 0.5) is 0 Å². The van der Waals surface area contributed by atoms with Gasteiger partial charge in [0.1, 0.15) is 6.29 Å². The van der Waals surface area contributed by atoms with E-state index >= 15 is 0 Å². The number of carbonyl (C=O) groups excluding carboxylic acids is 1. The number of rotatable bonds is 1. The van der Waals surface area contributed by atoms with Gasteiger partial charge in [-0.3, -0.25) is 4.79 Å². The molecule has 0 amide bonds. The lowest BCUT2D eigenvalue weighted by Gasteiger charge is -1.86. The molecule has 0 aromatic rings. The van der Waals surface area contributed by atoms with E-state index in [9.17, 15) is 4.79 Å². The van der Waals surface area contributed by atoms with Crippen LogP contribution in [0.1, 0.15) is 20.8 Å². The summed E-state index contributed by atoms with van der Waals surface area (Å²) in [5.74, 6) is 0. The van der Waals surface area contributed by atoms with Crippen molar-refractivity contribution in [2.45, 2.75) is 20.8 Å². The highest BCUT2D eigenvalue weighted by atomic mass is 128. The van der Waals surface area contributed by atoms with E-state index in [0.29, 0.717) is 0 Å². The summed E-state index contributed by atoms with van der Waals surface area (Å²) in [4.78, 5) is 9.89. The maximum Gasteiger partial charge on any atom is 0.145 e. The van der Waals surface area contributed by atoms with Crippen LogP contribution in [-0.4, -0.2) is 6.29 Å². The van der Waals surface area contributed by atoms with Gasteiger partial charge in [-0.15, -0.1) is 0 Å². The molecule has 0 radical (unpaired) electrons. The predicted octanol–water partition coefficient (Wildman–Crippen LogP) is 3.31. The number of carbonyl (C=O) groups is 1. The normalized spacial score (nSPS) is 6.78. The second-order valence-corrected chi connectivity index (χ2v) is 1.80. The van der Waals surface area contributed by atoms with E-state index in [-0.39, 0.29) is 0 Å². The first-order valence-electron chi connectivity index (χ1n) is 2.42. The minimum atomic E-state index is 0.833. The third-order valence-electron chi connectivity index (χ3n) is 0.965. The van der Waals surface area contributed by atoms with Crippen molar-refractivity contribution >= 4 is 43.5 Å². The van der Waals surface area contributed by atoms with E-state index < -0.39 is 0 Å². The van der Waals surface area contributed by atoms with Crippen molar-refractivity contribution in [3.8, 4) is 0 Å². The van der Waals surface area contributed by atoms with Gasteiger partial charge in [0.25, 0.3) is 0 Å². The molecule has 0 bridgehead atoms. The molecule has 0 aromatic carbocycles. The molecule has 0 saturated heterocycles. The third-order valence-corrected chi connectivity index (χ3v) is 0.965. The minimum absolute atomic E-state index is 0.833. The number of hydrogen-bond donors (Lipinski definition) is 0. The van der Waals surface area contributed by atoms with Crippen LogP contribution >= 0.6 is 37.2 Å². The van der Waals surface area contributed by atoms with Crippen LogP contribution < -0.4 is 0 Å². The van der Waals surface area contributed by atoms with E-state index in [1.165, 1.54) is 0 Å². The molecule has 0 atom stereocenters. The third kappa shape index (κ3) is 8.87. The molecule has 0 rings (SSSR count). The fraction of sp³-hybridized carbons (Fsp3) is 0.500. The molecule has 9 heavy (non-hydrogen) atoms. The van der Waals surface area contributed by atoms with Crippen LogP contribution in [0, 0.1) is 0 Å². The summed E-state index contributed by atoms with van der Waals surface area (Å²) in [6.45, 7) is 5.65. The molecule has 54 valence electrons. The van der Waals surface area contributed by atoms with Crippen LogP contribution in [0.25, 0.3) is 0 Å². The fourth-order valence-electron chi connectivity index (χ4n) is 0.118. The Morgan fingerprint density at radius 2 is 1.56 bits per heavy atom. The quantitative estimate of drug-likeness (QED) is 0.402. The lowest BCUT2D eigenvalue weighted by molar-refractivity contribution is -0.104. The zero-order valence-electron chi connectivity index (χ0n) is 5.74. The highest BCUT2D eigenvalue weighted by Crippen LogP contribution is 1.95. The summed E-state index contributed by atoms with van der Waals surface area (Å²) in [6.07, 6.45) is 0.870. The van der Waals surface area contributed by atoms with E-state index in [1.54, 1.807) is 0 Å². The smallest absolute Gasteiger partial charge is 0.145 e. The van der Waals surface area contributed by atoms with Gasteiger partial charge < -0.3 is 0 Å².